The zero-order valence-electron chi connectivity index (χ0n) is 21.9. The van der Waals surface area contributed by atoms with Gasteiger partial charge in [-0.2, -0.15) is 9.46 Å². The molecular weight excluding hydrogens is 557 g/mol. The Morgan fingerprint density at radius 1 is 1.13 bits per heavy atom. The third kappa shape index (κ3) is 6.61. The number of fused-ring (bicyclic) bond motifs is 1. The largest absolute Gasteiger partial charge is 0.486 e. The van der Waals surface area contributed by atoms with E-state index < -0.39 is 15.8 Å². The molecule has 39 heavy (non-hydrogen) atoms. The maximum atomic E-state index is 11.9. The van der Waals surface area contributed by atoms with Crippen molar-refractivity contribution < 1.29 is 13.7 Å². The van der Waals surface area contributed by atoms with E-state index in [2.05, 4.69) is 14.3 Å². The lowest BCUT2D eigenvalue weighted by molar-refractivity contribution is -0.0367. The fraction of sp³-hybridized carbons (Fsp3) is 0.321. The molecule has 1 aliphatic rings. The van der Waals surface area contributed by atoms with Crippen LogP contribution in [0.15, 0.2) is 53.3 Å². The van der Waals surface area contributed by atoms with Gasteiger partial charge in [0.05, 0.1) is 21.3 Å². The lowest BCUT2D eigenvalue weighted by atomic mass is 10.1. The molecule has 1 saturated heterocycles. The van der Waals surface area contributed by atoms with Gasteiger partial charge in [-0.25, -0.2) is 13.9 Å². The highest BCUT2D eigenvalue weighted by Gasteiger charge is 2.22. The molecule has 5 rings (SSSR count). The summed E-state index contributed by atoms with van der Waals surface area (Å²) in [5, 5.41) is 6.75. The highest BCUT2D eigenvalue weighted by molar-refractivity contribution is 7.92. The number of nitrogens with zero attached hydrogens (tertiary/aromatic N) is 5. The first-order valence-corrected chi connectivity index (χ1v) is 15.7. The van der Waals surface area contributed by atoms with Crippen LogP contribution in [0.4, 0.5) is 5.82 Å². The number of hydrogen-bond donors (Lipinski definition) is 0. The average Bonchev–Trinajstić information content (AvgIpc) is 3.26. The second-order valence-electron chi connectivity index (χ2n) is 9.66. The molecule has 0 spiro atoms. The molecule has 0 amide bonds. The maximum absolute atomic E-state index is 11.9. The van der Waals surface area contributed by atoms with Gasteiger partial charge < -0.3 is 9.47 Å². The first-order chi connectivity index (χ1) is 18.7. The molecule has 0 radical (unpaired) electrons. The Hall–Kier alpha value is -2.98. The van der Waals surface area contributed by atoms with Crippen molar-refractivity contribution in [3.05, 3.63) is 75.8 Å². The van der Waals surface area contributed by atoms with Crippen molar-refractivity contribution >= 4 is 61.8 Å². The van der Waals surface area contributed by atoms with Gasteiger partial charge in [0.1, 0.15) is 11.9 Å². The van der Waals surface area contributed by atoms with Crippen LogP contribution >= 0.6 is 23.2 Å². The highest BCUT2D eigenvalue weighted by atomic mass is 35.5. The smallest absolute Gasteiger partial charge is 0.161 e. The van der Waals surface area contributed by atoms with E-state index in [1.807, 2.05) is 48.0 Å². The Morgan fingerprint density at radius 2 is 1.92 bits per heavy atom. The standard InChI is InChI=1S/C28H29Cl2N5O3S/c1-18(28-22(29)16-31-17-23(28)30)38-20-9-11-25-21(14-20)24(33-35(25)27-6-4-5-13-37-27)10-7-19-8-12-26(32-15-19)34-39(2,3)36/h7-12,14-18,27H,4-6,13H2,1-3H3/b10-7+. The molecule has 0 bridgehead atoms. The number of hydrogen-bond acceptors (Lipinski definition) is 7. The number of halogens is 2. The number of ether oxygens (including phenoxy) is 2. The summed E-state index contributed by atoms with van der Waals surface area (Å²) in [6, 6.07) is 9.53. The predicted octanol–water partition coefficient (Wildman–Crippen LogP) is 7.50. The van der Waals surface area contributed by atoms with Gasteiger partial charge in [0.25, 0.3) is 0 Å². The Balaban J connectivity index is 1.49. The zero-order valence-corrected chi connectivity index (χ0v) is 24.2. The fourth-order valence-corrected chi connectivity index (χ4v) is 5.73. The zero-order chi connectivity index (χ0) is 27.6. The molecule has 2 atom stereocenters. The van der Waals surface area contributed by atoms with Crippen molar-refractivity contribution in [2.45, 2.75) is 38.5 Å². The van der Waals surface area contributed by atoms with Crippen molar-refractivity contribution in [1.29, 1.82) is 0 Å². The molecule has 1 aromatic carbocycles. The summed E-state index contributed by atoms with van der Waals surface area (Å²) >= 11 is 12.7. The van der Waals surface area contributed by atoms with Gasteiger partial charge in [0.2, 0.25) is 0 Å². The van der Waals surface area contributed by atoms with Crippen LogP contribution in [-0.4, -0.2) is 43.1 Å². The van der Waals surface area contributed by atoms with E-state index >= 15 is 0 Å². The molecule has 0 N–H and O–H groups in total. The van der Waals surface area contributed by atoms with Gasteiger partial charge in [-0.3, -0.25) is 4.98 Å². The van der Waals surface area contributed by atoms with Crippen LogP contribution in [0.5, 0.6) is 5.75 Å². The molecular formula is C28H29Cl2N5O3S. The molecule has 11 heteroatoms. The summed E-state index contributed by atoms with van der Waals surface area (Å²) in [5.74, 6) is 1.10. The Bertz CT molecular complexity index is 1610. The SMILES string of the molecule is CC(Oc1ccc2c(c1)c(/C=C/c1ccc(N=S(C)(C)=O)nc1)nn2C1CCCCO1)c1c(Cl)cncc1Cl. The summed E-state index contributed by atoms with van der Waals surface area (Å²) < 4.78 is 30.4. The molecule has 1 fully saturated rings. The molecule has 0 saturated carbocycles. The van der Waals surface area contributed by atoms with E-state index in [1.54, 1.807) is 37.2 Å². The summed E-state index contributed by atoms with van der Waals surface area (Å²) in [5.41, 5.74) is 3.28. The second kappa shape index (κ2) is 11.6. The molecule has 8 nitrogen and oxygen atoms in total. The van der Waals surface area contributed by atoms with Gasteiger partial charge in [-0.1, -0.05) is 29.3 Å². The molecule has 204 valence electrons. The molecule has 4 aromatic rings. The Morgan fingerprint density at radius 3 is 2.59 bits per heavy atom. The van der Waals surface area contributed by atoms with E-state index in [4.69, 9.17) is 37.8 Å². The van der Waals surface area contributed by atoms with Crippen LogP contribution < -0.4 is 4.74 Å². The van der Waals surface area contributed by atoms with Crippen LogP contribution in [0.1, 0.15) is 55.3 Å². The average molecular weight is 587 g/mol. The van der Waals surface area contributed by atoms with E-state index in [9.17, 15) is 4.21 Å². The third-order valence-electron chi connectivity index (χ3n) is 6.26. The third-order valence-corrected chi connectivity index (χ3v) is 7.49. The summed E-state index contributed by atoms with van der Waals surface area (Å²) in [6.45, 7) is 2.62. The fourth-order valence-electron chi connectivity index (χ4n) is 4.50. The lowest BCUT2D eigenvalue weighted by Crippen LogP contribution is -2.19. The minimum atomic E-state index is -2.27. The maximum Gasteiger partial charge on any atom is 0.161 e. The van der Waals surface area contributed by atoms with E-state index in [0.29, 0.717) is 33.8 Å². The van der Waals surface area contributed by atoms with Gasteiger partial charge in [0, 0.05) is 58.4 Å². The van der Waals surface area contributed by atoms with E-state index in [0.717, 1.165) is 41.4 Å². The lowest BCUT2D eigenvalue weighted by Gasteiger charge is -2.23. The predicted molar refractivity (Wildman–Crippen MR) is 157 cm³/mol. The van der Waals surface area contributed by atoms with Crippen LogP contribution in [-0.2, 0) is 14.5 Å². The number of pyridine rings is 2. The van der Waals surface area contributed by atoms with Crippen molar-refractivity contribution in [3.8, 4) is 5.75 Å². The van der Waals surface area contributed by atoms with Crippen LogP contribution in [0, 0.1) is 0 Å². The Labute approximate surface area is 238 Å². The normalized spacial score (nSPS) is 17.0. The summed E-state index contributed by atoms with van der Waals surface area (Å²) in [4.78, 5) is 8.35. The van der Waals surface area contributed by atoms with Gasteiger partial charge in [-0.15, -0.1) is 0 Å². The van der Waals surface area contributed by atoms with Crippen molar-refractivity contribution in [2.24, 2.45) is 4.36 Å². The van der Waals surface area contributed by atoms with E-state index in [-0.39, 0.29) is 6.23 Å². The second-order valence-corrected chi connectivity index (χ2v) is 13.0. The molecule has 3 aromatic heterocycles. The number of benzene rings is 1. The minimum absolute atomic E-state index is 0.121. The van der Waals surface area contributed by atoms with Crippen molar-refractivity contribution in [3.63, 3.8) is 0 Å². The first-order valence-electron chi connectivity index (χ1n) is 12.6. The number of rotatable bonds is 7. The molecule has 1 aliphatic heterocycles. The van der Waals surface area contributed by atoms with E-state index in [1.165, 1.54) is 0 Å². The highest BCUT2D eigenvalue weighted by Crippen LogP contribution is 2.35. The first kappa shape index (κ1) is 27.6. The van der Waals surface area contributed by atoms with Crippen LogP contribution in [0.3, 0.4) is 0 Å². The molecule has 0 aliphatic carbocycles. The van der Waals surface area contributed by atoms with Gasteiger partial charge in [0.15, 0.2) is 12.0 Å². The van der Waals surface area contributed by atoms with Crippen LogP contribution in [0.25, 0.3) is 23.1 Å². The number of aromatic nitrogens is 4. The summed E-state index contributed by atoms with van der Waals surface area (Å²) in [7, 11) is -2.27. The minimum Gasteiger partial charge on any atom is -0.486 e. The van der Waals surface area contributed by atoms with Crippen molar-refractivity contribution in [1.82, 2.24) is 19.7 Å². The molecule has 4 heterocycles. The quantitative estimate of drug-likeness (QED) is 0.223. The van der Waals surface area contributed by atoms with Gasteiger partial charge >= 0.3 is 0 Å². The topological polar surface area (TPSA) is 91.5 Å². The molecule has 2 unspecified atom stereocenters. The summed E-state index contributed by atoms with van der Waals surface area (Å²) in [6.07, 6.45) is 14.4. The monoisotopic (exact) mass is 585 g/mol. The van der Waals surface area contributed by atoms with Crippen LogP contribution in [0.2, 0.25) is 10.0 Å². The van der Waals surface area contributed by atoms with Crippen molar-refractivity contribution in [2.75, 3.05) is 19.1 Å². The Kier molecular flexibility index (Phi) is 8.23. The van der Waals surface area contributed by atoms with Gasteiger partial charge in [-0.05, 0) is 68.2 Å².